The molecule has 7 heteroatoms. The van der Waals surface area contributed by atoms with E-state index in [0.29, 0.717) is 15.4 Å². The SMILES string of the molecule is CC.[B][C](=[W])C(=Cc1[c-][nH]nc1)CC(=O)c1coc(C)n1. The van der Waals surface area contributed by atoms with Crippen molar-refractivity contribution in [2.24, 2.45) is 0 Å². The van der Waals surface area contributed by atoms with Crippen LogP contribution in [-0.4, -0.2) is 32.6 Å². The fraction of sp³-hybridized carbons (Fsp3) is 0.286. The molecular formula is C14H15BN3O2W-. The van der Waals surface area contributed by atoms with Gasteiger partial charge in [-0.05, 0) is 0 Å². The van der Waals surface area contributed by atoms with Gasteiger partial charge < -0.3 is 0 Å². The number of aryl methyl sites for hydroxylation is 1. The molecule has 2 aromatic rings. The van der Waals surface area contributed by atoms with Crippen molar-refractivity contribution in [3.8, 4) is 0 Å². The van der Waals surface area contributed by atoms with Gasteiger partial charge in [-0.15, -0.1) is 0 Å². The second-order valence-corrected chi connectivity index (χ2v) is 5.42. The van der Waals surface area contributed by atoms with Crippen LogP contribution in [0.25, 0.3) is 6.08 Å². The van der Waals surface area contributed by atoms with Crippen molar-refractivity contribution in [1.29, 1.82) is 0 Å². The molecule has 0 amide bonds. The molecule has 2 rings (SSSR count). The fourth-order valence-electron chi connectivity index (χ4n) is 1.46. The Bertz CT molecular complexity index is 632. The Morgan fingerprint density at radius 1 is 1.57 bits per heavy atom. The molecule has 0 atom stereocenters. The monoisotopic (exact) mass is 452 g/mol. The second-order valence-electron chi connectivity index (χ2n) is 3.84. The van der Waals surface area contributed by atoms with Gasteiger partial charge in [0.25, 0.3) is 0 Å². The van der Waals surface area contributed by atoms with Crippen LogP contribution >= 0.6 is 0 Å². The topological polar surface area (TPSA) is 71.8 Å². The van der Waals surface area contributed by atoms with Crippen LogP contribution in [0.1, 0.15) is 42.2 Å². The minimum absolute atomic E-state index is 0.129. The summed E-state index contributed by atoms with van der Waals surface area (Å²) < 4.78 is 5.68. The van der Waals surface area contributed by atoms with Gasteiger partial charge in [-0.3, -0.25) is 0 Å². The quantitative estimate of drug-likeness (QED) is 0.429. The Hall–Kier alpha value is -1.55. The first-order valence-corrected chi connectivity index (χ1v) is 7.89. The molecule has 2 radical (unpaired) electrons. The van der Waals surface area contributed by atoms with Crippen LogP contribution in [-0.2, 0) is 19.4 Å². The third-order valence-corrected chi connectivity index (χ3v) is 3.31. The zero-order valence-electron chi connectivity index (χ0n) is 12.1. The van der Waals surface area contributed by atoms with E-state index in [9.17, 15) is 4.79 Å². The predicted molar refractivity (Wildman–Crippen MR) is 77.7 cm³/mol. The number of aromatic nitrogens is 3. The predicted octanol–water partition coefficient (Wildman–Crippen LogP) is 2.03. The standard InChI is InChI=1S/C12H9BN3O2.C2H6.W/c1-8-16-11(7-18-8)12(17)3-9(4-13)2-10-5-14-15-6-10;1-2;/h2,5,7H,3H2,1H3,(H,14,15);1-2H3;/q-1;;. The molecule has 1 N–H and O–H groups in total. The maximum atomic E-state index is 12.0. The molecule has 0 aromatic carbocycles. The summed E-state index contributed by atoms with van der Waals surface area (Å²) in [7, 11) is 5.83. The van der Waals surface area contributed by atoms with Crippen LogP contribution in [0.4, 0.5) is 0 Å². The molecule has 0 fully saturated rings. The van der Waals surface area contributed by atoms with Crippen LogP contribution in [0.3, 0.4) is 0 Å². The van der Waals surface area contributed by atoms with E-state index in [0.717, 1.165) is 30.5 Å². The molecule has 2 aromatic heterocycles. The van der Waals surface area contributed by atoms with Crippen LogP contribution in [0.5, 0.6) is 0 Å². The first-order valence-electron chi connectivity index (χ1n) is 6.43. The van der Waals surface area contributed by atoms with E-state index in [1.165, 1.54) is 6.26 Å². The minimum atomic E-state index is -0.129. The van der Waals surface area contributed by atoms with Gasteiger partial charge in [0, 0.05) is 0 Å². The molecule has 0 bridgehead atoms. The number of aromatic amines is 1. The van der Waals surface area contributed by atoms with Gasteiger partial charge in [0.2, 0.25) is 0 Å². The summed E-state index contributed by atoms with van der Waals surface area (Å²) in [6, 6.07) is 0. The number of allylic oxidation sites excluding steroid dienone is 1. The molecule has 0 aliphatic rings. The van der Waals surface area contributed by atoms with Crippen LogP contribution < -0.4 is 0 Å². The van der Waals surface area contributed by atoms with Crippen molar-refractivity contribution < 1.29 is 28.6 Å². The van der Waals surface area contributed by atoms with Gasteiger partial charge in [0.05, 0.1) is 0 Å². The van der Waals surface area contributed by atoms with E-state index in [1.54, 1.807) is 19.2 Å². The normalized spacial score (nSPS) is 10.7. The van der Waals surface area contributed by atoms with E-state index in [-0.39, 0.29) is 12.2 Å². The summed E-state index contributed by atoms with van der Waals surface area (Å²) in [6.45, 7) is 5.69. The van der Waals surface area contributed by atoms with Crippen molar-refractivity contribution >= 4 is 23.5 Å². The first-order chi connectivity index (χ1) is 10.1. The van der Waals surface area contributed by atoms with Crippen LogP contribution in [0, 0.1) is 13.1 Å². The Morgan fingerprint density at radius 2 is 2.29 bits per heavy atom. The second kappa shape index (κ2) is 8.68. The number of carbonyl (C=O) groups is 1. The van der Waals surface area contributed by atoms with Gasteiger partial charge in [-0.1, -0.05) is 13.8 Å². The number of nitrogens with zero attached hydrogens (tertiary/aromatic N) is 2. The molecule has 0 aliphatic heterocycles. The Kier molecular flexibility index (Phi) is 7.23. The Balaban J connectivity index is 0.00000106. The number of oxazole rings is 1. The molecular weight excluding hydrogens is 437 g/mol. The summed E-state index contributed by atoms with van der Waals surface area (Å²) in [5.74, 6) is 0.340. The average molecular weight is 452 g/mol. The van der Waals surface area contributed by atoms with E-state index in [4.69, 9.17) is 12.3 Å². The first kappa shape index (κ1) is 17.5. The number of nitrogens with one attached hydrogen (secondary N) is 1. The van der Waals surface area contributed by atoms with Crippen LogP contribution in [0.2, 0.25) is 0 Å². The van der Waals surface area contributed by atoms with Gasteiger partial charge in [0.15, 0.2) is 0 Å². The Labute approximate surface area is 136 Å². The Morgan fingerprint density at radius 3 is 2.76 bits per heavy atom. The summed E-state index contributed by atoms with van der Waals surface area (Å²) in [6.07, 6.45) is 7.76. The number of carbonyl (C=O) groups excluding carboxylic acids is 1. The van der Waals surface area contributed by atoms with Crippen molar-refractivity contribution in [3.63, 3.8) is 0 Å². The zero-order chi connectivity index (χ0) is 15.8. The van der Waals surface area contributed by atoms with Gasteiger partial charge in [-0.25, -0.2) is 0 Å². The van der Waals surface area contributed by atoms with Crippen molar-refractivity contribution in [2.45, 2.75) is 27.2 Å². The van der Waals surface area contributed by atoms with Crippen LogP contribution in [0.15, 0.2) is 22.5 Å². The van der Waals surface area contributed by atoms with Crippen molar-refractivity contribution in [1.82, 2.24) is 15.2 Å². The summed E-state index contributed by atoms with van der Waals surface area (Å²) in [4.78, 5) is 16.1. The number of hydrogen-bond acceptors (Lipinski definition) is 4. The average Bonchev–Trinajstić information content (AvgIpc) is 3.11. The summed E-state index contributed by atoms with van der Waals surface area (Å²) in [5.41, 5.74) is 1.82. The number of ketones is 1. The summed E-state index contributed by atoms with van der Waals surface area (Å²) in [5, 5.41) is 6.38. The molecule has 108 valence electrons. The van der Waals surface area contributed by atoms with Gasteiger partial charge in [0.1, 0.15) is 0 Å². The third kappa shape index (κ3) is 5.39. The molecule has 0 saturated carbocycles. The summed E-state index contributed by atoms with van der Waals surface area (Å²) >= 11 is 1.11. The van der Waals surface area contributed by atoms with Crippen molar-refractivity contribution in [3.05, 3.63) is 41.4 Å². The van der Waals surface area contributed by atoms with E-state index >= 15 is 0 Å². The maximum absolute atomic E-state index is 12.0. The van der Waals surface area contributed by atoms with Crippen molar-refractivity contribution in [2.75, 3.05) is 0 Å². The molecule has 5 nitrogen and oxygen atoms in total. The van der Waals surface area contributed by atoms with E-state index in [2.05, 4.69) is 21.4 Å². The fourth-order valence-corrected chi connectivity index (χ4v) is 1.93. The molecule has 0 saturated heterocycles. The van der Waals surface area contributed by atoms with Gasteiger partial charge in [-0.2, -0.15) is 0 Å². The van der Waals surface area contributed by atoms with Gasteiger partial charge >= 0.3 is 122 Å². The third-order valence-electron chi connectivity index (χ3n) is 2.37. The molecule has 21 heavy (non-hydrogen) atoms. The number of Topliss-reactive ketones (excluding diaryl/α,β-unsaturated/α-hetero) is 1. The van der Waals surface area contributed by atoms with E-state index < -0.39 is 0 Å². The number of hydrogen-bond donors (Lipinski definition) is 1. The number of H-pyrrole nitrogens is 1. The zero-order valence-corrected chi connectivity index (χ0v) is 15.1. The molecule has 0 spiro atoms. The number of rotatable bonds is 5. The molecule has 2 heterocycles. The molecule has 0 aliphatic carbocycles. The van der Waals surface area contributed by atoms with E-state index in [1.807, 2.05) is 13.8 Å². The molecule has 0 unspecified atom stereocenters.